The molecule has 76 valence electrons. The van der Waals surface area contributed by atoms with Crippen molar-refractivity contribution in [3.63, 3.8) is 0 Å². The van der Waals surface area contributed by atoms with Gasteiger partial charge in [-0.1, -0.05) is 0 Å². The van der Waals surface area contributed by atoms with Crippen LogP contribution >= 0.6 is 45.2 Å². The van der Waals surface area contributed by atoms with E-state index in [1.165, 1.54) is 5.56 Å². The molecule has 0 spiro atoms. The fourth-order valence-corrected chi connectivity index (χ4v) is 2.75. The second kappa shape index (κ2) is 5.29. The Labute approximate surface area is 111 Å². The van der Waals surface area contributed by atoms with Crippen LogP contribution in [0, 0.1) is 14.1 Å². The molecule has 0 aliphatic carbocycles. The number of rotatable bonds is 2. The fourth-order valence-electron chi connectivity index (χ4n) is 0.978. The summed E-state index contributed by atoms with van der Waals surface area (Å²) in [4.78, 5) is 11.4. The number of benzene rings is 1. The number of halogens is 2. The van der Waals surface area contributed by atoms with Gasteiger partial charge in [0.1, 0.15) is 0 Å². The monoisotopic (exact) mass is 416 g/mol. The van der Waals surface area contributed by atoms with Gasteiger partial charge in [0.15, 0.2) is 0 Å². The molecule has 0 amide bonds. The molecule has 0 unspecified atom stereocenters. The lowest BCUT2D eigenvalue weighted by atomic mass is 10.1. The van der Waals surface area contributed by atoms with Gasteiger partial charge < -0.3 is 4.74 Å². The molecule has 0 saturated heterocycles. The highest BCUT2D eigenvalue weighted by Crippen LogP contribution is 2.20. The van der Waals surface area contributed by atoms with E-state index in [-0.39, 0.29) is 5.97 Å². The zero-order valence-corrected chi connectivity index (χ0v) is 12.2. The second-order valence-corrected chi connectivity index (χ2v) is 5.11. The molecular formula is C10H10I2O2. The summed E-state index contributed by atoms with van der Waals surface area (Å²) in [7, 11) is 0. The van der Waals surface area contributed by atoms with Crippen LogP contribution in [0.25, 0.3) is 0 Å². The summed E-state index contributed by atoms with van der Waals surface area (Å²) in [6.07, 6.45) is 0. The molecule has 1 rings (SSSR count). The van der Waals surface area contributed by atoms with E-state index < -0.39 is 0 Å². The van der Waals surface area contributed by atoms with Crippen LogP contribution in [0.3, 0.4) is 0 Å². The highest BCUT2D eigenvalue weighted by atomic mass is 127. The minimum Gasteiger partial charge on any atom is -0.462 e. The van der Waals surface area contributed by atoms with Crippen molar-refractivity contribution in [2.45, 2.75) is 13.8 Å². The Morgan fingerprint density at radius 2 is 1.86 bits per heavy atom. The van der Waals surface area contributed by atoms with Crippen LogP contribution in [-0.4, -0.2) is 12.6 Å². The summed E-state index contributed by atoms with van der Waals surface area (Å²) < 4.78 is 7.12. The molecule has 0 bridgehead atoms. The van der Waals surface area contributed by atoms with Crippen LogP contribution in [0.5, 0.6) is 0 Å². The van der Waals surface area contributed by atoms with Crippen molar-refractivity contribution in [2.75, 3.05) is 6.61 Å². The van der Waals surface area contributed by atoms with Crippen LogP contribution in [0.2, 0.25) is 0 Å². The van der Waals surface area contributed by atoms with Crippen LogP contribution in [0.4, 0.5) is 0 Å². The van der Waals surface area contributed by atoms with E-state index in [1.54, 1.807) is 0 Å². The zero-order valence-electron chi connectivity index (χ0n) is 7.93. The van der Waals surface area contributed by atoms with Gasteiger partial charge in [-0.05, 0) is 76.7 Å². The molecule has 0 N–H and O–H groups in total. The first-order chi connectivity index (χ1) is 6.56. The van der Waals surface area contributed by atoms with Gasteiger partial charge in [0, 0.05) is 7.14 Å². The summed E-state index contributed by atoms with van der Waals surface area (Å²) in [6.45, 7) is 4.26. The van der Waals surface area contributed by atoms with E-state index in [0.717, 1.165) is 7.14 Å². The molecule has 0 aliphatic rings. The molecule has 1 aromatic rings. The summed E-state index contributed by atoms with van der Waals surface area (Å²) in [5.41, 5.74) is 1.84. The van der Waals surface area contributed by atoms with E-state index >= 15 is 0 Å². The number of carbonyl (C=O) groups excluding carboxylic acids is 1. The Bertz CT molecular complexity index is 338. The molecule has 14 heavy (non-hydrogen) atoms. The average molecular weight is 416 g/mol. The van der Waals surface area contributed by atoms with Crippen molar-refractivity contribution >= 4 is 51.2 Å². The first-order valence-corrected chi connectivity index (χ1v) is 6.34. The quantitative estimate of drug-likeness (QED) is 0.546. The Morgan fingerprint density at radius 3 is 2.29 bits per heavy atom. The predicted molar refractivity (Wildman–Crippen MR) is 72.6 cm³/mol. The molecule has 0 aromatic heterocycles. The Kier molecular flexibility index (Phi) is 4.62. The predicted octanol–water partition coefficient (Wildman–Crippen LogP) is 3.38. The Hall–Kier alpha value is 0.150. The van der Waals surface area contributed by atoms with Crippen molar-refractivity contribution in [1.82, 2.24) is 0 Å². The summed E-state index contributed by atoms with van der Waals surface area (Å²) in [5, 5.41) is 0. The van der Waals surface area contributed by atoms with Crippen molar-refractivity contribution < 1.29 is 9.53 Å². The lowest BCUT2D eigenvalue weighted by Gasteiger charge is -2.06. The maximum Gasteiger partial charge on any atom is 0.338 e. The number of esters is 1. The molecule has 0 radical (unpaired) electrons. The van der Waals surface area contributed by atoms with Gasteiger partial charge in [0.05, 0.1) is 12.2 Å². The molecule has 0 aliphatic heterocycles. The smallest absolute Gasteiger partial charge is 0.338 e. The Balaban J connectivity index is 3.06. The third-order valence-electron chi connectivity index (χ3n) is 1.79. The summed E-state index contributed by atoms with van der Waals surface area (Å²) in [5.74, 6) is -0.247. The normalized spacial score (nSPS) is 10.0. The van der Waals surface area contributed by atoms with Crippen molar-refractivity contribution in [3.05, 3.63) is 30.4 Å². The molecule has 2 nitrogen and oxygen atoms in total. The molecule has 0 heterocycles. The average Bonchev–Trinajstić information content (AvgIpc) is 2.13. The van der Waals surface area contributed by atoms with Crippen LogP contribution in [-0.2, 0) is 4.74 Å². The van der Waals surface area contributed by atoms with Gasteiger partial charge in [-0.2, -0.15) is 0 Å². The second-order valence-electron chi connectivity index (χ2n) is 2.79. The maximum absolute atomic E-state index is 11.4. The topological polar surface area (TPSA) is 26.3 Å². The van der Waals surface area contributed by atoms with Crippen molar-refractivity contribution in [1.29, 1.82) is 0 Å². The standard InChI is InChI=1S/C10H10I2O2/c1-3-14-10(13)7-4-8(11)6(2)9(12)5-7/h4-5H,3H2,1-2H3. The van der Waals surface area contributed by atoms with Crippen LogP contribution < -0.4 is 0 Å². The highest BCUT2D eigenvalue weighted by molar-refractivity contribution is 14.1. The van der Waals surface area contributed by atoms with Gasteiger partial charge in [-0.25, -0.2) is 4.79 Å². The van der Waals surface area contributed by atoms with Crippen LogP contribution in [0.1, 0.15) is 22.8 Å². The summed E-state index contributed by atoms with van der Waals surface area (Å²) in [6, 6.07) is 3.71. The molecule has 1 aromatic carbocycles. The minimum atomic E-state index is -0.247. The van der Waals surface area contributed by atoms with Gasteiger partial charge in [0.2, 0.25) is 0 Å². The maximum atomic E-state index is 11.4. The van der Waals surface area contributed by atoms with Crippen molar-refractivity contribution in [2.24, 2.45) is 0 Å². The summed E-state index contributed by atoms with van der Waals surface area (Å²) >= 11 is 4.45. The number of hydrogen-bond acceptors (Lipinski definition) is 2. The third kappa shape index (κ3) is 2.82. The zero-order chi connectivity index (χ0) is 10.7. The number of carbonyl (C=O) groups is 1. The number of ether oxygens (including phenoxy) is 1. The lowest BCUT2D eigenvalue weighted by Crippen LogP contribution is -2.06. The van der Waals surface area contributed by atoms with E-state index in [1.807, 2.05) is 26.0 Å². The first kappa shape index (κ1) is 12.2. The van der Waals surface area contributed by atoms with Crippen LogP contribution in [0.15, 0.2) is 12.1 Å². The van der Waals surface area contributed by atoms with E-state index in [9.17, 15) is 4.79 Å². The lowest BCUT2D eigenvalue weighted by molar-refractivity contribution is 0.0526. The van der Waals surface area contributed by atoms with E-state index in [0.29, 0.717) is 12.2 Å². The van der Waals surface area contributed by atoms with Gasteiger partial charge in [0.25, 0.3) is 0 Å². The molecule has 0 atom stereocenters. The molecule has 4 heteroatoms. The molecular weight excluding hydrogens is 406 g/mol. The van der Waals surface area contributed by atoms with Gasteiger partial charge in [-0.15, -0.1) is 0 Å². The first-order valence-electron chi connectivity index (χ1n) is 4.19. The van der Waals surface area contributed by atoms with Crippen molar-refractivity contribution in [3.8, 4) is 0 Å². The minimum absolute atomic E-state index is 0.247. The number of hydrogen-bond donors (Lipinski definition) is 0. The fraction of sp³-hybridized carbons (Fsp3) is 0.300. The third-order valence-corrected chi connectivity index (χ3v) is 4.03. The highest BCUT2D eigenvalue weighted by Gasteiger charge is 2.10. The largest absolute Gasteiger partial charge is 0.462 e. The van der Waals surface area contributed by atoms with E-state index in [4.69, 9.17) is 4.74 Å². The van der Waals surface area contributed by atoms with Gasteiger partial charge >= 0.3 is 5.97 Å². The molecule has 0 saturated carbocycles. The van der Waals surface area contributed by atoms with E-state index in [2.05, 4.69) is 45.2 Å². The molecule has 0 fully saturated rings. The Morgan fingerprint density at radius 1 is 1.36 bits per heavy atom. The SMILES string of the molecule is CCOC(=O)c1cc(I)c(C)c(I)c1. The van der Waals surface area contributed by atoms with Gasteiger partial charge in [-0.3, -0.25) is 0 Å².